The molecule has 0 unspecified atom stereocenters. The predicted molar refractivity (Wildman–Crippen MR) is 83.7 cm³/mol. The van der Waals surface area contributed by atoms with Gasteiger partial charge >= 0.3 is 0 Å². The molecule has 1 N–H and O–H groups in total. The molecule has 0 saturated heterocycles. The number of rotatable bonds is 4. The number of hydrogen-bond acceptors (Lipinski definition) is 4. The van der Waals surface area contributed by atoms with Crippen molar-refractivity contribution in [2.24, 2.45) is 0 Å². The van der Waals surface area contributed by atoms with E-state index in [1.54, 1.807) is 25.1 Å². The molecule has 0 saturated carbocycles. The normalized spacial score (nSPS) is 13.6. The zero-order valence-corrected chi connectivity index (χ0v) is 13.4. The molecule has 0 bridgehead atoms. The van der Waals surface area contributed by atoms with Crippen LogP contribution in [0, 0.1) is 5.82 Å². The van der Waals surface area contributed by atoms with Crippen LogP contribution in [0.2, 0.25) is 0 Å². The first-order chi connectivity index (χ1) is 10.9. The van der Waals surface area contributed by atoms with Crippen molar-refractivity contribution in [3.8, 4) is 0 Å². The third-order valence-electron chi connectivity index (χ3n) is 3.81. The van der Waals surface area contributed by atoms with E-state index in [-0.39, 0.29) is 10.8 Å². The van der Waals surface area contributed by atoms with E-state index in [1.807, 2.05) is 0 Å². The molecule has 1 atom stereocenters. The molecular formula is C15H15FN4O2S. The van der Waals surface area contributed by atoms with Gasteiger partial charge in [-0.1, -0.05) is 12.1 Å². The Morgan fingerprint density at radius 2 is 1.87 bits per heavy atom. The fourth-order valence-electron chi connectivity index (χ4n) is 2.26. The number of aromatic amines is 1. The topological polar surface area (TPSA) is 79.0 Å². The Balaban J connectivity index is 1.95. The Bertz CT molecular complexity index is 938. The molecule has 120 valence electrons. The molecule has 8 heteroatoms. The molecule has 2 heterocycles. The first-order valence-electron chi connectivity index (χ1n) is 6.93. The van der Waals surface area contributed by atoms with Crippen molar-refractivity contribution < 1.29 is 12.8 Å². The highest BCUT2D eigenvalue weighted by Gasteiger charge is 2.27. The highest BCUT2D eigenvalue weighted by atomic mass is 32.2. The smallest absolute Gasteiger partial charge is 0.260 e. The highest BCUT2D eigenvalue weighted by Crippen LogP contribution is 2.25. The zero-order chi connectivity index (χ0) is 16.6. The van der Waals surface area contributed by atoms with Crippen molar-refractivity contribution in [2.45, 2.75) is 18.0 Å². The minimum atomic E-state index is -3.78. The molecule has 2 aromatic heterocycles. The summed E-state index contributed by atoms with van der Waals surface area (Å²) in [7, 11) is -2.30. The van der Waals surface area contributed by atoms with Crippen LogP contribution in [0.3, 0.4) is 0 Å². The van der Waals surface area contributed by atoms with Crippen LogP contribution < -0.4 is 0 Å². The summed E-state index contributed by atoms with van der Waals surface area (Å²) in [5, 5.41) is 6.50. The van der Waals surface area contributed by atoms with E-state index in [1.165, 1.54) is 35.7 Å². The van der Waals surface area contributed by atoms with E-state index >= 15 is 0 Å². The van der Waals surface area contributed by atoms with Crippen molar-refractivity contribution in [2.75, 3.05) is 7.05 Å². The summed E-state index contributed by atoms with van der Waals surface area (Å²) in [4.78, 5) is 4.13. The SMILES string of the molecule is C[C@@H](c1ccc(F)cc1)N(C)S(=O)(=O)c1ccc2[nH]ncc2n1. The second-order valence-electron chi connectivity index (χ2n) is 5.20. The van der Waals surface area contributed by atoms with Crippen molar-refractivity contribution in [3.63, 3.8) is 0 Å². The molecule has 1 aromatic carbocycles. The number of H-pyrrole nitrogens is 1. The summed E-state index contributed by atoms with van der Waals surface area (Å²) in [5.41, 5.74) is 1.84. The van der Waals surface area contributed by atoms with Crippen LogP contribution in [0.4, 0.5) is 4.39 Å². The molecule has 0 aliphatic carbocycles. The van der Waals surface area contributed by atoms with Crippen molar-refractivity contribution in [3.05, 3.63) is 54.0 Å². The molecule has 3 aromatic rings. The fourth-order valence-corrected chi connectivity index (χ4v) is 3.55. The van der Waals surface area contributed by atoms with Gasteiger partial charge in [0.25, 0.3) is 10.0 Å². The molecule has 0 radical (unpaired) electrons. The molecule has 0 spiro atoms. The minimum absolute atomic E-state index is 0.0529. The molecular weight excluding hydrogens is 319 g/mol. The van der Waals surface area contributed by atoms with Crippen LogP contribution >= 0.6 is 0 Å². The maximum Gasteiger partial charge on any atom is 0.260 e. The minimum Gasteiger partial charge on any atom is -0.276 e. The van der Waals surface area contributed by atoms with Crippen LogP contribution in [-0.4, -0.2) is 35.0 Å². The van der Waals surface area contributed by atoms with E-state index in [2.05, 4.69) is 15.2 Å². The van der Waals surface area contributed by atoms with Gasteiger partial charge in [-0.25, -0.2) is 17.8 Å². The van der Waals surface area contributed by atoms with E-state index < -0.39 is 16.1 Å². The Kier molecular flexibility index (Phi) is 3.87. The lowest BCUT2D eigenvalue weighted by Gasteiger charge is -2.24. The third-order valence-corrected chi connectivity index (χ3v) is 5.64. The van der Waals surface area contributed by atoms with Gasteiger partial charge in [0.2, 0.25) is 0 Å². The van der Waals surface area contributed by atoms with Crippen LogP contribution in [0.25, 0.3) is 11.0 Å². The number of hydrogen-bond donors (Lipinski definition) is 1. The molecule has 0 amide bonds. The Labute approximate surface area is 133 Å². The van der Waals surface area contributed by atoms with Gasteiger partial charge in [0, 0.05) is 13.1 Å². The van der Waals surface area contributed by atoms with Crippen molar-refractivity contribution in [1.29, 1.82) is 0 Å². The lowest BCUT2D eigenvalue weighted by atomic mass is 10.1. The zero-order valence-electron chi connectivity index (χ0n) is 12.6. The van der Waals surface area contributed by atoms with Gasteiger partial charge in [-0.05, 0) is 36.8 Å². The molecule has 3 rings (SSSR count). The average Bonchev–Trinajstić information content (AvgIpc) is 3.01. The van der Waals surface area contributed by atoms with Crippen molar-refractivity contribution >= 4 is 21.1 Å². The molecule has 0 fully saturated rings. The van der Waals surface area contributed by atoms with Crippen LogP contribution in [-0.2, 0) is 10.0 Å². The second-order valence-corrected chi connectivity index (χ2v) is 7.15. The maximum atomic E-state index is 13.0. The average molecular weight is 334 g/mol. The monoisotopic (exact) mass is 334 g/mol. The Morgan fingerprint density at radius 1 is 1.17 bits per heavy atom. The quantitative estimate of drug-likeness (QED) is 0.795. The molecule has 0 aliphatic rings. The highest BCUT2D eigenvalue weighted by molar-refractivity contribution is 7.89. The number of sulfonamides is 1. The van der Waals surface area contributed by atoms with Gasteiger partial charge in [0.1, 0.15) is 11.3 Å². The van der Waals surface area contributed by atoms with Gasteiger partial charge in [0.15, 0.2) is 5.03 Å². The van der Waals surface area contributed by atoms with Crippen LogP contribution in [0.5, 0.6) is 0 Å². The summed E-state index contributed by atoms with van der Waals surface area (Å²) in [5.74, 6) is -0.362. The predicted octanol–water partition coefficient (Wildman–Crippen LogP) is 2.48. The standard InChI is InChI=1S/C15H15FN4O2S/c1-10(11-3-5-12(16)6-4-11)20(2)23(21,22)15-8-7-13-14(18-15)9-17-19-13/h3-10H,1-2H3,(H,17,19)/t10-/m0/s1. The molecule has 6 nitrogen and oxygen atoms in total. The summed E-state index contributed by atoms with van der Waals surface area (Å²) < 4.78 is 39.7. The lowest BCUT2D eigenvalue weighted by Crippen LogP contribution is -2.30. The van der Waals surface area contributed by atoms with Gasteiger partial charge < -0.3 is 0 Å². The van der Waals surface area contributed by atoms with Crippen molar-refractivity contribution in [1.82, 2.24) is 19.5 Å². The van der Waals surface area contributed by atoms with Gasteiger partial charge in [-0.3, -0.25) is 5.10 Å². The molecule has 23 heavy (non-hydrogen) atoms. The number of aromatic nitrogens is 3. The Hall–Kier alpha value is -2.32. The second kappa shape index (κ2) is 5.71. The summed E-state index contributed by atoms with van der Waals surface area (Å²) in [6.07, 6.45) is 1.47. The van der Waals surface area contributed by atoms with E-state index in [0.717, 1.165) is 0 Å². The number of nitrogens with one attached hydrogen (secondary N) is 1. The van der Waals surface area contributed by atoms with E-state index in [4.69, 9.17) is 0 Å². The maximum absolute atomic E-state index is 13.0. The number of pyridine rings is 1. The lowest BCUT2D eigenvalue weighted by molar-refractivity contribution is 0.396. The first kappa shape index (κ1) is 15.6. The first-order valence-corrected chi connectivity index (χ1v) is 8.37. The largest absolute Gasteiger partial charge is 0.276 e. The number of nitrogens with zero attached hydrogens (tertiary/aromatic N) is 3. The number of benzene rings is 1. The number of fused-ring (bicyclic) bond motifs is 1. The molecule has 0 aliphatic heterocycles. The van der Waals surface area contributed by atoms with E-state index in [0.29, 0.717) is 16.6 Å². The summed E-state index contributed by atoms with van der Waals surface area (Å²) >= 11 is 0. The van der Waals surface area contributed by atoms with Crippen LogP contribution in [0.1, 0.15) is 18.5 Å². The Morgan fingerprint density at radius 3 is 2.57 bits per heavy atom. The van der Waals surface area contributed by atoms with Crippen LogP contribution in [0.15, 0.2) is 47.6 Å². The fraction of sp³-hybridized carbons (Fsp3) is 0.200. The van der Waals surface area contributed by atoms with Gasteiger partial charge in [-0.15, -0.1) is 0 Å². The van der Waals surface area contributed by atoms with Gasteiger partial charge in [0.05, 0.1) is 11.7 Å². The third kappa shape index (κ3) is 2.82. The summed E-state index contributed by atoms with van der Waals surface area (Å²) in [6.45, 7) is 1.74. The van der Waals surface area contributed by atoms with Gasteiger partial charge in [-0.2, -0.15) is 9.40 Å². The van der Waals surface area contributed by atoms with E-state index in [9.17, 15) is 12.8 Å². The summed E-state index contributed by atoms with van der Waals surface area (Å²) in [6, 6.07) is 8.35. The number of halogens is 1.